The van der Waals surface area contributed by atoms with Crippen molar-refractivity contribution in [1.82, 2.24) is 14.8 Å². The third kappa shape index (κ3) is 3.18. The summed E-state index contributed by atoms with van der Waals surface area (Å²) in [5, 5.41) is 4.58. The van der Waals surface area contributed by atoms with Gasteiger partial charge in [-0.05, 0) is 50.7 Å². The minimum Gasteiger partial charge on any atom is -0.376 e. The van der Waals surface area contributed by atoms with Crippen molar-refractivity contribution in [2.75, 3.05) is 18.1 Å². The molecule has 25 heavy (non-hydrogen) atoms. The normalized spacial score (nSPS) is 19.6. The van der Waals surface area contributed by atoms with E-state index in [0.29, 0.717) is 12.2 Å². The Kier molecular flexibility index (Phi) is 4.53. The van der Waals surface area contributed by atoms with E-state index in [2.05, 4.69) is 10.1 Å². The van der Waals surface area contributed by atoms with E-state index in [-0.39, 0.29) is 12.0 Å². The summed E-state index contributed by atoms with van der Waals surface area (Å²) in [6.45, 7) is 1.34. The first kappa shape index (κ1) is 16.3. The van der Waals surface area contributed by atoms with Crippen LogP contribution in [0.15, 0.2) is 24.5 Å². The fraction of sp³-hybridized carbons (Fsp3) is 0.526. The second-order valence-corrected chi connectivity index (χ2v) is 6.86. The van der Waals surface area contributed by atoms with Crippen LogP contribution in [0, 0.1) is 0 Å². The molecule has 3 heterocycles. The van der Waals surface area contributed by atoms with E-state index < -0.39 is 0 Å². The molecule has 0 aromatic carbocycles. The molecule has 0 unspecified atom stereocenters. The predicted octanol–water partition coefficient (Wildman–Crippen LogP) is 2.52. The lowest BCUT2D eigenvalue weighted by Gasteiger charge is -2.25. The highest BCUT2D eigenvalue weighted by Gasteiger charge is 2.30. The Labute approximate surface area is 147 Å². The van der Waals surface area contributed by atoms with Crippen LogP contribution >= 0.6 is 0 Å². The number of aromatic nitrogens is 3. The summed E-state index contributed by atoms with van der Waals surface area (Å²) in [4.78, 5) is 19.3. The number of hydrogen-bond donors (Lipinski definition) is 0. The molecule has 2 aromatic rings. The van der Waals surface area contributed by atoms with E-state index in [1.807, 2.05) is 28.8 Å². The number of carbonyl (C=O) groups excluding carboxylic acids is 1. The summed E-state index contributed by atoms with van der Waals surface area (Å²) in [6, 6.07) is 3.75. The molecule has 0 radical (unpaired) electrons. The van der Waals surface area contributed by atoms with Gasteiger partial charge in [0.1, 0.15) is 0 Å². The van der Waals surface area contributed by atoms with E-state index in [0.717, 1.165) is 50.0 Å². The molecular formula is C19H24N4O2. The number of aryl methyl sites for hydroxylation is 1. The number of rotatable bonds is 4. The monoisotopic (exact) mass is 340 g/mol. The molecule has 1 saturated heterocycles. The van der Waals surface area contributed by atoms with Crippen LogP contribution in [0.25, 0.3) is 0 Å². The van der Waals surface area contributed by atoms with Crippen LogP contribution in [0.5, 0.6) is 0 Å². The molecule has 1 amide bonds. The maximum atomic E-state index is 13.4. The third-order valence-corrected chi connectivity index (χ3v) is 5.20. The van der Waals surface area contributed by atoms with E-state index in [1.54, 1.807) is 12.4 Å². The van der Waals surface area contributed by atoms with Crippen LogP contribution in [0.4, 0.5) is 5.69 Å². The zero-order valence-electron chi connectivity index (χ0n) is 14.6. The molecule has 0 bridgehead atoms. The minimum absolute atomic E-state index is 0.0274. The Bertz CT molecular complexity index is 750. The van der Waals surface area contributed by atoms with Gasteiger partial charge in [-0.2, -0.15) is 5.10 Å². The molecule has 1 aliphatic carbocycles. The van der Waals surface area contributed by atoms with Gasteiger partial charge in [0, 0.05) is 43.0 Å². The number of nitrogens with zero attached hydrogens (tertiary/aromatic N) is 4. The number of carbonyl (C=O) groups is 1. The van der Waals surface area contributed by atoms with Gasteiger partial charge in [-0.25, -0.2) is 0 Å². The molecule has 1 atom stereocenters. The van der Waals surface area contributed by atoms with E-state index >= 15 is 0 Å². The summed E-state index contributed by atoms with van der Waals surface area (Å²) < 4.78 is 7.66. The van der Waals surface area contributed by atoms with Crippen LogP contribution in [0.1, 0.15) is 47.4 Å². The van der Waals surface area contributed by atoms with Gasteiger partial charge in [0.25, 0.3) is 5.91 Å². The lowest BCUT2D eigenvalue weighted by molar-refractivity contribution is 0.0912. The van der Waals surface area contributed by atoms with Gasteiger partial charge in [0.15, 0.2) is 5.69 Å². The van der Waals surface area contributed by atoms with Gasteiger partial charge >= 0.3 is 0 Å². The predicted molar refractivity (Wildman–Crippen MR) is 94.7 cm³/mol. The topological polar surface area (TPSA) is 60.2 Å². The van der Waals surface area contributed by atoms with Crippen molar-refractivity contribution in [3.8, 4) is 0 Å². The van der Waals surface area contributed by atoms with Crippen molar-refractivity contribution in [1.29, 1.82) is 0 Å². The number of amides is 1. The standard InChI is InChI=1S/C19H24N4O2/c1-22-17-7-3-2-6-16(17)18(21-22)19(24)23(13-15-5-4-12-25-15)14-8-10-20-11-9-14/h8-11,15H,2-7,12-13H2,1H3/t15-/m1/s1. The van der Waals surface area contributed by atoms with Crippen LogP contribution in [0.2, 0.25) is 0 Å². The molecule has 132 valence electrons. The van der Waals surface area contributed by atoms with Crippen LogP contribution in [-0.4, -0.2) is 39.9 Å². The second kappa shape index (κ2) is 6.96. The summed E-state index contributed by atoms with van der Waals surface area (Å²) in [6.07, 6.45) is 9.83. The first-order chi connectivity index (χ1) is 12.2. The van der Waals surface area contributed by atoms with Crippen molar-refractivity contribution in [2.45, 2.75) is 44.6 Å². The smallest absolute Gasteiger partial charge is 0.279 e. The summed E-state index contributed by atoms with van der Waals surface area (Å²) in [5.41, 5.74) is 3.80. The molecule has 1 aliphatic heterocycles. The van der Waals surface area contributed by atoms with Crippen molar-refractivity contribution >= 4 is 11.6 Å². The highest BCUT2D eigenvalue weighted by atomic mass is 16.5. The van der Waals surface area contributed by atoms with Crippen molar-refractivity contribution in [3.05, 3.63) is 41.5 Å². The molecule has 4 rings (SSSR count). The molecule has 2 aliphatic rings. The fourth-order valence-corrected chi connectivity index (χ4v) is 3.89. The molecular weight excluding hydrogens is 316 g/mol. The highest BCUT2D eigenvalue weighted by Crippen LogP contribution is 2.27. The summed E-state index contributed by atoms with van der Waals surface area (Å²) >= 11 is 0. The molecule has 6 heteroatoms. The van der Waals surface area contributed by atoms with E-state index in [9.17, 15) is 4.79 Å². The number of anilines is 1. The number of hydrogen-bond acceptors (Lipinski definition) is 4. The number of pyridine rings is 1. The summed E-state index contributed by atoms with van der Waals surface area (Å²) in [7, 11) is 1.94. The zero-order chi connectivity index (χ0) is 17.2. The molecule has 1 fully saturated rings. The molecule has 0 N–H and O–H groups in total. The van der Waals surface area contributed by atoms with Crippen LogP contribution in [-0.2, 0) is 24.6 Å². The van der Waals surface area contributed by atoms with E-state index in [1.165, 1.54) is 12.1 Å². The average molecular weight is 340 g/mol. The van der Waals surface area contributed by atoms with Crippen LogP contribution in [0.3, 0.4) is 0 Å². The van der Waals surface area contributed by atoms with Gasteiger partial charge in [0.2, 0.25) is 0 Å². The molecule has 2 aromatic heterocycles. The van der Waals surface area contributed by atoms with Gasteiger partial charge < -0.3 is 9.64 Å². The van der Waals surface area contributed by atoms with Gasteiger partial charge in [0.05, 0.1) is 12.6 Å². The van der Waals surface area contributed by atoms with Crippen molar-refractivity contribution < 1.29 is 9.53 Å². The first-order valence-corrected chi connectivity index (χ1v) is 9.12. The molecule has 0 spiro atoms. The lowest BCUT2D eigenvalue weighted by atomic mass is 9.95. The Hall–Kier alpha value is -2.21. The molecule has 0 saturated carbocycles. The Morgan fingerprint density at radius 1 is 1.28 bits per heavy atom. The Balaban J connectivity index is 1.68. The van der Waals surface area contributed by atoms with Crippen molar-refractivity contribution in [2.24, 2.45) is 7.05 Å². The maximum absolute atomic E-state index is 13.4. The number of fused-ring (bicyclic) bond motifs is 1. The summed E-state index contributed by atoms with van der Waals surface area (Å²) in [5.74, 6) is -0.0274. The highest BCUT2D eigenvalue weighted by molar-refractivity contribution is 6.06. The van der Waals surface area contributed by atoms with Gasteiger partial charge in [-0.1, -0.05) is 0 Å². The zero-order valence-corrected chi connectivity index (χ0v) is 14.6. The Morgan fingerprint density at radius 3 is 2.84 bits per heavy atom. The second-order valence-electron chi connectivity index (χ2n) is 6.86. The Morgan fingerprint density at radius 2 is 2.08 bits per heavy atom. The molecule has 6 nitrogen and oxygen atoms in total. The lowest BCUT2D eigenvalue weighted by Crippen LogP contribution is -2.38. The fourth-order valence-electron chi connectivity index (χ4n) is 3.89. The minimum atomic E-state index is -0.0274. The van der Waals surface area contributed by atoms with Crippen LogP contribution < -0.4 is 4.90 Å². The average Bonchev–Trinajstić information content (AvgIpc) is 3.28. The third-order valence-electron chi connectivity index (χ3n) is 5.20. The first-order valence-electron chi connectivity index (χ1n) is 9.12. The van der Waals surface area contributed by atoms with E-state index in [4.69, 9.17) is 4.74 Å². The SMILES string of the molecule is Cn1nc(C(=O)N(C[C@H]2CCCO2)c2ccncc2)c2c1CCCC2. The van der Waals surface area contributed by atoms with Crippen molar-refractivity contribution in [3.63, 3.8) is 0 Å². The number of ether oxygens (including phenoxy) is 1. The maximum Gasteiger partial charge on any atom is 0.279 e. The van der Waals surface area contributed by atoms with Gasteiger partial charge in [-0.3, -0.25) is 14.5 Å². The van der Waals surface area contributed by atoms with Gasteiger partial charge in [-0.15, -0.1) is 0 Å². The largest absolute Gasteiger partial charge is 0.376 e. The quantitative estimate of drug-likeness (QED) is 0.858.